The molecular formula is C14H23N3O2. The highest BCUT2D eigenvalue weighted by Crippen LogP contribution is 2.36. The van der Waals surface area contributed by atoms with Gasteiger partial charge >= 0.3 is 0 Å². The maximum absolute atomic E-state index is 5.38. The van der Waals surface area contributed by atoms with Gasteiger partial charge in [0.1, 0.15) is 6.61 Å². The minimum absolute atomic E-state index is 0.238. The molecule has 3 atom stereocenters. The van der Waals surface area contributed by atoms with E-state index < -0.39 is 0 Å². The third kappa shape index (κ3) is 2.98. The van der Waals surface area contributed by atoms with Crippen molar-refractivity contribution in [3.8, 4) is 0 Å². The first-order chi connectivity index (χ1) is 9.36. The molecule has 1 aliphatic heterocycles. The standard InChI is InChI=1S/C14H23N3O2/c1-2-18-9-13-16-14(19-17-13)12-8-7-10-5-3-4-6-11(10)15-12/h10-12,15H,2-9H2,1H3. The fraction of sp³-hybridized carbons (Fsp3) is 0.857. The number of nitrogens with one attached hydrogen (secondary N) is 1. The molecule has 1 saturated heterocycles. The number of rotatable bonds is 4. The van der Waals surface area contributed by atoms with Gasteiger partial charge in [-0.15, -0.1) is 0 Å². The van der Waals surface area contributed by atoms with Crippen LogP contribution in [0.4, 0.5) is 0 Å². The summed E-state index contributed by atoms with van der Waals surface area (Å²) in [5.74, 6) is 2.25. The molecule has 0 bridgehead atoms. The van der Waals surface area contributed by atoms with Gasteiger partial charge in [0.15, 0.2) is 5.82 Å². The molecule has 1 aromatic rings. The molecular weight excluding hydrogens is 242 g/mol. The molecule has 1 aromatic heterocycles. The Balaban J connectivity index is 1.61. The van der Waals surface area contributed by atoms with Crippen LogP contribution in [-0.2, 0) is 11.3 Å². The maximum atomic E-state index is 5.38. The average molecular weight is 265 g/mol. The van der Waals surface area contributed by atoms with E-state index in [0.717, 1.165) is 18.2 Å². The summed E-state index contributed by atoms with van der Waals surface area (Å²) in [6.07, 6.45) is 7.81. The van der Waals surface area contributed by atoms with E-state index in [1.807, 2.05) is 6.92 Å². The lowest BCUT2D eigenvalue weighted by molar-refractivity contribution is 0.126. The van der Waals surface area contributed by atoms with Gasteiger partial charge in [-0.1, -0.05) is 18.0 Å². The lowest BCUT2D eigenvalue weighted by Crippen LogP contribution is -2.44. The van der Waals surface area contributed by atoms with Crippen molar-refractivity contribution < 1.29 is 9.26 Å². The van der Waals surface area contributed by atoms with Crippen LogP contribution in [0.5, 0.6) is 0 Å². The second-order valence-electron chi connectivity index (χ2n) is 5.63. The van der Waals surface area contributed by atoms with Crippen molar-refractivity contribution in [2.75, 3.05) is 6.61 Å². The summed E-state index contributed by atoms with van der Waals surface area (Å²) in [5.41, 5.74) is 0. The minimum atomic E-state index is 0.238. The van der Waals surface area contributed by atoms with Crippen molar-refractivity contribution in [2.45, 2.75) is 64.1 Å². The maximum Gasteiger partial charge on any atom is 0.243 e. The highest BCUT2D eigenvalue weighted by molar-refractivity contribution is 4.98. The summed E-state index contributed by atoms with van der Waals surface area (Å²) in [4.78, 5) is 4.44. The smallest absolute Gasteiger partial charge is 0.243 e. The van der Waals surface area contributed by atoms with Gasteiger partial charge in [0.05, 0.1) is 6.04 Å². The lowest BCUT2D eigenvalue weighted by atomic mass is 9.78. The summed E-state index contributed by atoms with van der Waals surface area (Å²) in [6.45, 7) is 3.08. The SMILES string of the molecule is CCOCc1noc(C2CCC3CCCCC3N2)n1. The van der Waals surface area contributed by atoms with E-state index in [1.54, 1.807) is 0 Å². The fourth-order valence-corrected chi connectivity index (χ4v) is 3.35. The number of nitrogens with zero attached hydrogens (tertiary/aromatic N) is 2. The Bertz CT molecular complexity index is 407. The van der Waals surface area contributed by atoms with E-state index in [2.05, 4.69) is 15.5 Å². The Kier molecular flexibility index (Phi) is 4.13. The van der Waals surface area contributed by atoms with Crippen LogP contribution in [0.15, 0.2) is 4.52 Å². The topological polar surface area (TPSA) is 60.2 Å². The number of hydrogen-bond acceptors (Lipinski definition) is 5. The van der Waals surface area contributed by atoms with Gasteiger partial charge in [-0.25, -0.2) is 0 Å². The lowest BCUT2D eigenvalue weighted by Gasteiger charge is -2.39. The molecule has 5 nitrogen and oxygen atoms in total. The first-order valence-corrected chi connectivity index (χ1v) is 7.53. The monoisotopic (exact) mass is 265 g/mol. The fourth-order valence-electron chi connectivity index (χ4n) is 3.35. The molecule has 2 heterocycles. The Hall–Kier alpha value is -0.940. The van der Waals surface area contributed by atoms with Crippen LogP contribution in [0.25, 0.3) is 0 Å². The molecule has 1 saturated carbocycles. The molecule has 3 rings (SSSR count). The first kappa shape index (κ1) is 13.1. The summed E-state index contributed by atoms with van der Waals surface area (Å²) < 4.78 is 10.7. The summed E-state index contributed by atoms with van der Waals surface area (Å²) >= 11 is 0. The molecule has 1 aliphatic carbocycles. The van der Waals surface area contributed by atoms with Crippen LogP contribution in [-0.4, -0.2) is 22.8 Å². The zero-order valence-electron chi connectivity index (χ0n) is 11.6. The number of piperidine rings is 1. The molecule has 2 fully saturated rings. The molecule has 1 N–H and O–H groups in total. The molecule has 0 spiro atoms. The van der Waals surface area contributed by atoms with E-state index in [0.29, 0.717) is 25.1 Å². The van der Waals surface area contributed by atoms with Crippen molar-refractivity contribution in [1.82, 2.24) is 15.5 Å². The second-order valence-corrected chi connectivity index (χ2v) is 5.63. The first-order valence-electron chi connectivity index (χ1n) is 7.53. The van der Waals surface area contributed by atoms with Crippen molar-refractivity contribution >= 4 is 0 Å². The third-order valence-corrected chi connectivity index (χ3v) is 4.37. The van der Waals surface area contributed by atoms with Crippen LogP contribution in [0, 0.1) is 5.92 Å². The van der Waals surface area contributed by atoms with Crippen LogP contribution in [0.1, 0.15) is 63.2 Å². The van der Waals surface area contributed by atoms with Crippen LogP contribution in [0.2, 0.25) is 0 Å². The number of aromatic nitrogens is 2. The average Bonchev–Trinajstić information content (AvgIpc) is 2.93. The molecule has 3 unspecified atom stereocenters. The Morgan fingerprint density at radius 2 is 2.16 bits per heavy atom. The van der Waals surface area contributed by atoms with Gasteiger partial charge in [-0.3, -0.25) is 0 Å². The minimum Gasteiger partial charge on any atom is -0.374 e. The van der Waals surface area contributed by atoms with Crippen LogP contribution in [0.3, 0.4) is 0 Å². The summed E-state index contributed by atoms with van der Waals surface area (Å²) in [6, 6.07) is 0.886. The third-order valence-electron chi connectivity index (χ3n) is 4.37. The van der Waals surface area contributed by atoms with Gasteiger partial charge in [0.25, 0.3) is 0 Å². The number of hydrogen-bond donors (Lipinski definition) is 1. The van der Waals surface area contributed by atoms with Crippen molar-refractivity contribution in [1.29, 1.82) is 0 Å². The highest BCUT2D eigenvalue weighted by Gasteiger charge is 2.34. The Labute approximate surface area is 114 Å². The molecule has 2 aliphatic rings. The Morgan fingerprint density at radius 1 is 1.26 bits per heavy atom. The molecule has 5 heteroatoms. The molecule has 0 aromatic carbocycles. The summed E-state index contributed by atoms with van der Waals surface area (Å²) in [7, 11) is 0. The van der Waals surface area contributed by atoms with Gasteiger partial charge in [-0.2, -0.15) is 4.98 Å². The van der Waals surface area contributed by atoms with Crippen molar-refractivity contribution in [3.05, 3.63) is 11.7 Å². The van der Waals surface area contributed by atoms with Gasteiger partial charge in [0, 0.05) is 12.6 Å². The van der Waals surface area contributed by atoms with Crippen LogP contribution < -0.4 is 5.32 Å². The zero-order chi connectivity index (χ0) is 13.1. The van der Waals surface area contributed by atoms with Crippen molar-refractivity contribution in [3.63, 3.8) is 0 Å². The molecule has 19 heavy (non-hydrogen) atoms. The quantitative estimate of drug-likeness (QED) is 0.906. The van der Waals surface area contributed by atoms with Crippen molar-refractivity contribution in [2.24, 2.45) is 5.92 Å². The summed E-state index contributed by atoms with van der Waals surface area (Å²) in [5, 5.41) is 7.69. The van der Waals surface area contributed by atoms with E-state index in [-0.39, 0.29) is 6.04 Å². The van der Waals surface area contributed by atoms with E-state index in [1.165, 1.54) is 32.1 Å². The molecule has 0 radical (unpaired) electrons. The van der Waals surface area contributed by atoms with E-state index in [4.69, 9.17) is 9.26 Å². The largest absolute Gasteiger partial charge is 0.374 e. The van der Waals surface area contributed by atoms with Crippen LogP contribution >= 0.6 is 0 Å². The number of ether oxygens (including phenoxy) is 1. The van der Waals surface area contributed by atoms with Gasteiger partial charge in [-0.05, 0) is 38.5 Å². The zero-order valence-corrected chi connectivity index (χ0v) is 11.6. The van der Waals surface area contributed by atoms with Gasteiger partial charge < -0.3 is 14.6 Å². The highest BCUT2D eigenvalue weighted by atomic mass is 16.5. The predicted molar refractivity (Wildman–Crippen MR) is 70.5 cm³/mol. The van der Waals surface area contributed by atoms with E-state index in [9.17, 15) is 0 Å². The normalized spacial score (nSPS) is 31.1. The number of fused-ring (bicyclic) bond motifs is 1. The van der Waals surface area contributed by atoms with E-state index >= 15 is 0 Å². The van der Waals surface area contributed by atoms with Gasteiger partial charge in [0.2, 0.25) is 5.89 Å². The predicted octanol–water partition coefficient (Wildman–Crippen LogP) is 2.59. The Morgan fingerprint density at radius 3 is 3.05 bits per heavy atom. The molecule has 106 valence electrons. The second kappa shape index (κ2) is 6.01. The molecule has 0 amide bonds.